The third kappa shape index (κ3) is 1.52. The molecule has 2 bridgehead atoms. The van der Waals surface area contributed by atoms with Gasteiger partial charge in [-0.2, -0.15) is 0 Å². The number of likely N-dealkylation sites (tertiary alicyclic amines) is 1. The average molecular weight is 207 g/mol. The van der Waals surface area contributed by atoms with Crippen LogP contribution in [0.15, 0.2) is 16.8 Å². The number of hydrogen-bond acceptors (Lipinski definition) is 4. The fraction of sp³-hybridized carbons (Fsp3) is 0.600. The minimum Gasteiger partial charge on any atom is -0.351 e. The Morgan fingerprint density at radius 2 is 2.53 bits per heavy atom. The molecule has 1 amide bonds. The van der Waals surface area contributed by atoms with Gasteiger partial charge in [-0.25, -0.2) is 0 Å². The summed E-state index contributed by atoms with van der Waals surface area (Å²) in [5.41, 5.74) is 0. The van der Waals surface area contributed by atoms with Crippen LogP contribution in [0.3, 0.4) is 0 Å². The number of nitrogens with zero attached hydrogens (tertiary/aromatic N) is 2. The molecule has 2 saturated heterocycles. The van der Waals surface area contributed by atoms with Crippen molar-refractivity contribution in [3.8, 4) is 0 Å². The van der Waals surface area contributed by atoms with Crippen LogP contribution in [0.5, 0.6) is 0 Å². The first-order valence-corrected chi connectivity index (χ1v) is 5.26. The van der Waals surface area contributed by atoms with E-state index in [-0.39, 0.29) is 5.91 Å². The van der Waals surface area contributed by atoms with Crippen LogP contribution >= 0.6 is 0 Å². The lowest BCUT2D eigenvalue weighted by atomic mass is 10.00. The molecule has 0 aliphatic carbocycles. The maximum absolute atomic E-state index is 11.9. The molecular weight excluding hydrogens is 194 g/mol. The molecule has 80 valence electrons. The molecule has 5 heteroatoms. The van der Waals surface area contributed by atoms with Gasteiger partial charge >= 0.3 is 0 Å². The molecule has 3 heterocycles. The Labute approximate surface area is 87.4 Å². The molecule has 0 saturated carbocycles. The number of amides is 1. The molecule has 0 aromatic carbocycles. The van der Waals surface area contributed by atoms with Crippen molar-refractivity contribution < 1.29 is 9.32 Å². The lowest BCUT2D eigenvalue weighted by molar-refractivity contribution is 0.0650. The Morgan fingerprint density at radius 3 is 3.27 bits per heavy atom. The second-order valence-corrected chi connectivity index (χ2v) is 4.29. The van der Waals surface area contributed by atoms with Gasteiger partial charge in [0.05, 0.1) is 6.20 Å². The SMILES string of the molecule is O=C(c1ccno1)N1C[C@@H]2CN[C@@H](C2)C1. The highest BCUT2D eigenvalue weighted by Gasteiger charge is 2.35. The minimum absolute atomic E-state index is 0.0362. The van der Waals surface area contributed by atoms with Gasteiger partial charge < -0.3 is 14.7 Å². The predicted molar refractivity (Wildman–Crippen MR) is 52.3 cm³/mol. The maximum atomic E-state index is 11.9. The summed E-state index contributed by atoms with van der Waals surface area (Å²) in [6.07, 6.45) is 2.70. The van der Waals surface area contributed by atoms with Crippen molar-refractivity contribution in [3.05, 3.63) is 18.0 Å². The lowest BCUT2D eigenvalue weighted by Gasteiger charge is -2.30. The maximum Gasteiger partial charge on any atom is 0.292 e. The molecular formula is C10H13N3O2. The Balaban J connectivity index is 1.75. The number of hydrogen-bond donors (Lipinski definition) is 1. The Hall–Kier alpha value is -1.36. The lowest BCUT2D eigenvalue weighted by Crippen LogP contribution is -2.44. The van der Waals surface area contributed by atoms with E-state index in [0.29, 0.717) is 17.7 Å². The van der Waals surface area contributed by atoms with E-state index in [1.54, 1.807) is 6.07 Å². The van der Waals surface area contributed by atoms with E-state index in [9.17, 15) is 4.79 Å². The van der Waals surface area contributed by atoms with Crippen LogP contribution in [-0.2, 0) is 0 Å². The first-order valence-electron chi connectivity index (χ1n) is 5.26. The standard InChI is InChI=1S/C10H13N3O2/c14-10(9-1-2-12-15-9)13-5-7-3-8(6-13)11-4-7/h1-2,7-8,11H,3-6H2/t7-,8-/m0/s1. The molecule has 2 fully saturated rings. The summed E-state index contributed by atoms with van der Waals surface area (Å²) in [5.74, 6) is 0.915. The van der Waals surface area contributed by atoms with Gasteiger partial charge in [0.1, 0.15) is 0 Å². The molecule has 3 rings (SSSR count). The molecule has 15 heavy (non-hydrogen) atoms. The summed E-state index contributed by atoms with van der Waals surface area (Å²) in [6, 6.07) is 2.09. The summed E-state index contributed by atoms with van der Waals surface area (Å²) in [7, 11) is 0. The van der Waals surface area contributed by atoms with Crippen LogP contribution < -0.4 is 5.32 Å². The van der Waals surface area contributed by atoms with Crippen molar-refractivity contribution in [2.24, 2.45) is 5.92 Å². The number of piperidine rings is 1. The molecule has 1 aromatic heterocycles. The van der Waals surface area contributed by atoms with Gasteiger partial charge in [0.15, 0.2) is 0 Å². The van der Waals surface area contributed by atoms with Crippen molar-refractivity contribution in [3.63, 3.8) is 0 Å². The highest BCUT2D eigenvalue weighted by molar-refractivity contribution is 5.91. The molecule has 0 unspecified atom stereocenters. The Bertz CT molecular complexity index is 351. The Morgan fingerprint density at radius 1 is 1.60 bits per heavy atom. The monoisotopic (exact) mass is 207 g/mol. The summed E-state index contributed by atoms with van der Waals surface area (Å²) in [6.45, 7) is 2.66. The van der Waals surface area contributed by atoms with E-state index < -0.39 is 0 Å². The smallest absolute Gasteiger partial charge is 0.292 e. The van der Waals surface area contributed by atoms with Gasteiger partial charge in [-0.3, -0.25) is 4.79 Å². The fourth-order valence-corrected chi connectivity index (χ4v) is 2.48. The zero-order valence-electron chi connectivity index (χ0n) is 8.35. The van der Waals surface area contributed by atoms with E-state index in [1.807, 2.05) is 4.90 Å². The largest absolute Gasteiger partial charge is 0.351 e. The van der Waals surface area contributed by atoms with Crippen LogP contribution in [0.4, 0.5) is 0 Å². The molecule has 0 radical (unpaired) electrons. The number of nitrogens with one attached hydrogen (secondary N) is 1. The summed E-state index contributed by atoms with van der Waals surface area (Å²) < 4.78 is 4.88. The second kappa shape index (κ2) is 3.34. The van der Waals surface area contributed by atoms with E-state index in [4.69, 9.17) is 4.52 Å². The first-order chi connectivity index (χ1) is 7.33. The van der Waals surface area contributed by atoms with Gasteiger partial charge in [-0.15, -0.1) is 0 Å². The molecule has 1 aromatic rings. The Kier molecular flexibility index (Phi) is 1.98. The number of rotatable bonds is 1. The third-order valence-electron chi connectivity index (χ3n) is 3.17. The van der Waals surface area contributed by atoms with Gasteiger partial charge in [-0.1, -0.05) is 5.16 Å². The van der Waals surface area contributed by atoms with Crippen molar-refractivity contribution in [1.82, 2.24) is 15.4 Å². The average Bonchev–Trinajstić information content (AvgIpc) is 2.87. The number of aromatic nitrogens is 1. The number of fused-ring (bicyclic) bond motifs is 2. The van der Waals surface area contributed by atoms with E-state index in [0.717, 1.165) is 19.6 Å². The molecule has 2 atom stereocenters. The summed E-state index contributed by atoms with van der Waals surface area (Å²) in [4.78, 5) is 13.8. The number of carbonyl (C=O) groups is 1. The highest BCUT2D eigenvalue weighted by Crippen LogP contribution is 2.23. The summed E-state index contributed by atoms with van der Waals surface area (Å²) >= 11 is 0. The van der Waals surface area contributed by atoms with Crippen LogP contribution in [-0.4, -0.2) is 41.6 Å². The normalized spacial score (nSPS) is 29.5. The van der Waals surface area contributed by atoms with Gasteiger partial charge in [0.25, 0.3) is 5.91 Å². The van der Waals surface area contributed by atoms with Crippen LogP contribution in [0.2, 0.25) is 0 Å². The first kappa shape index (κ1) is 8.91. The van der Waals surface area contributed by atoms with Crippen molar-refractivity contribution in [2.75, 3.05) is 19.6 Å². The minimum atomic E-state index is -0.0362. The molecule has 2 aliphatic rings. The van der Waals surface area contributed by atoms with Crippen molar-refractivity contribution in [1.29, 1.82) is 0 Å². The number of carbonyl (C=O) groups excluding carboxylic acids is 1. The van der Waals surface area contributed by atoms with Gasteiger partial charge in [-0.05, 0) is 12.3 Å². The van der Waals surface area contributed by atoms with Gasteiger partial charge in [0, 0.05) is 31.7 Å². The topological polar surface area (TPSA) is 58.4 Å². The zero-order chi connectivity index (χ0) is 10.3. The molecule has 5 nitrogen and oxygen atoms in total. The van der Waals surface area contributed by atoms with E-state index in [2.05, 4.69) is 10.5 Å². The van der Waals surface area contributed by atoms with E-state index in [1.165, 1.54) is 12.6 Å². The van der Waals surface area contributed by atoms with Crippen LogP contribution in [0.25, 0.3) is 0 Å². The highest BCUT2D eigenvalue weighted by atomic mass is 16.5. The van der Waals surface area contributed by atoms with Crippen molar-refractivity contribution in [2.45, 2.75) is 12.5 Å². The summed E-state index contributed by atoms with van der Waals surface area (Å²) in [5, 5.41) is 6.96. The van der Waals surface area contributed by atoms with Crippen LogP contribution in [0.1, 0.15) is 17.0 Å². The molecule has 1 N–H and O–H groups in total. The molecule has 0 spiro atoms. The second-order valence-electron chi connectivity index (χ2n) is 4.29. The van der Waals surface area contributed by atoms with Crippen LogP contribution in [0, 0.1) is 5.92 Å². The zero-order valence-corrected chi connectivity index (χ0v) is 8.35. The van der Waals surface area contributed by atoms with Crippen molar-refractivity contribution >= 4 is 5.91 Å². The fourth-order valence-electron chi connectivity index (χ4n) is 2.48. The quantitative estimate of drug-likeness (QED) is 0.710. The molecule has 2 aliphatic heterocycles. The predicted octanol–water partition coefficient (Wildman–Crippen LogP) is 0.108. The van der Waals surface area contributed by atoms with E-state index >= 15 is 0 Å². The third-order valence-corrected chi connectivity index (χ3v) is 3.17. The van der Waals surface area contributed by atoms with Gasteiger partial charge in [0.2, 0.25) is 5.76 Å².